The highest BCUT2D eigenvalue weighted by atomic mass is 15.0. The number of anilines is 1. The number of nitrogens with zero attached hydrogens (tertiary/aromatic N) is 4. The summed E-state index contributed by atoms with van der Waals surface area (Å²) in [5.41, 5.74) is 12.7. The lowest BCUT2D eigenvalue weighted by Crippen LogP contribution is -1.99. The zero-order valence-corrected chi connectivity index (χ0v) is 15.0. The molecule has 28 heavy (non-hydrogen) atoms. The third kappa shape index (κ3) is 2.89. The van der Waals surface area contributed by atoms with Crippen LogP contribution in [-0.4, -0.2) is 19.5 Å². The highest BCUT2D eigenvalue weighted by Crippen LogP contribution is 2.26. The van der Waals surface area contributed by atoms with Gasteiger partial charge in [0.1, 0.15) is 6.33 Å². The molecule has 0 aliphatic rings. The average Bonchev–Trinajstić information content (AvgIpc) is 3.18. The molecule has 0 aliphatic heterocycles. The number of fused-ring (bicyclic) bond motifs is 1. The van der Waals surface area contributed by atoms with E-state index in [-0.39, 0.29) is 5.95 Å². The Morgan fingerprint density at radius 1 is 0.679 bits per heavy atom. The smallest absolute Gasteiger partial charge is 0.221 e. The van der Waals surface area contributed by atoms with Crippen LogP contribution in [-0.2, 0) is 0 Å². The lowest BCUT2D eigenvalue weighted by Gasteiger charge is -2.08. The van der Waals surface area contributed by atoms with E-state index in [4.69, 9.17) is 5.73 Å². The summed E-state index contributed by atoms with van der Waals surface area (Å²) in [4.78, 5) is 13.3. The Bertz CT molecular complexity index is 1260. The van der Waals surface area contributed by atoms with Crippen molar-refractivity contribution >= 4 is 17.0 Å². The van der Waals surface area contributed by atoms with Crippen LogP contribution in [0.5, 0.6) is 0 Å². The van der Waals surface area contributed by atoms with E-state index in [1.807, 2.05) is 73.1 Å². The van der Waals surface area contributed by atoms with Crippen molar-refractivity contribution in [2.75, 3.05) is 5.73 Å². The quantitative estimate of drug-likeness (QED) is 0.503. The molecule has 0 aliphatic carbocycles. The van der Waals surface area contributed by atoms with Gasteiger partial charge in [0.25, 0.3) is 0 Å². The molecule has 0 amide bonds. The van der Waals surface area contributed by atoms with Gasteiger partial charge in [-0.05, 0) is 30.3 Å². The molecule has 2 N–H and O–H groups in total. The Balaban J connectivity index is 1.54. The summed E-state index contributed by atoms with van der Waals surface area (Å²) in [5, 5.41) is 0. The molecule has 0 saturated carbocycles. The minimum atomic E-state index is 0.265. The summed E-state index contributed by atoms with van der Waals surface area (Å²) < 4.78 is 2.07. The summed E-state index contributed by atoms with van der Waals surface area (Å²) in [7, 11) is 0. The van der Waals surface area contributed by atoms with Crippen molar-refractivity contribution in [3.8, 4) is 28.2 Å². The molecule has 0 bridgehead atoms. The van der Waals surface area contributed by atoms with Gasteiger partial charge >= 0.3 is 0 Å². The van der Waals surface area contributed by atoms with Crippen LogP contribution in [0.1, 0.15) is 0 Å². The molecule has 0 atom stereocenters. The van der Waals surface area contributed by atoms with Crippen molar-refractivity contribution in [1.29, 1.82) is 0 Å². The summed E-state index contributed by atoms with van der Waals surface area (Å²) in [6.07, 6.45) is 1.84. The Labute approximate surface area is 162 Å². The summed E-state index contributed by atoms with van der Waals surface area (Å²) in [6.45, 7) is 0. The van der Waals surface area contributed by atoms with E-state index in [0.29, 0.717) is 0 Å². The topological polar surface area (TPSA) is 69.6 Å². The first-order chi connectivity index (χ1) is 13.8. The largest absolute Gasteiger partial charge is 0.368 e. The minimum absolute atomic E-state index is 0.265. The third-order valence-corrected chi connectivity index (χ3v) is 4.71. The molecule has 2 heterocycles. The summed E-state index contributed by atoms with van der Waals surface area (Å²) in [5.74, 6) is 0.265. The van der Waals surface area contributed by atoms with Crippen molar-refractivity contribution in [2.24, 2.45) is 0 Å². The number of rotatable bonds is 3. The van der Waals surface area contributed by atoms with Gasteiger partial charge in [0.2, 0.25) is 5.95 Å². The SMILES string of the molecule is Nc1nc(-c2ccccc2)cc(-c2ccc(-n3cnc4ccccc43)cc2)n1. The number of para-hydroxylation sites is 2. The molecule has 5 rings (SSSR count). The van der Waals surface area contributed by atoms with Crippen LogP contribution < -0.4 is 5.73 Å². The van der Waals surface area contributed by atoms with E-state index >= 15 is 0 Å². The van der Waals surface area contributed by atoms with Crippen molar-refractivity contribution in [3.05, 3.63) is 91.3 Å². The molecular formula is C23H17N5. The number of nitrogen functional groups attached to an aromatic ring is 1. The fourth-order valence-electron chi connectivity index (χ4n) is 3.33. The van der Waals surface area contributed by atoms with Gasteiger partial charge in [-0.1, -0.05) is 54.6 Å². The molecule has 3 aromatic carbocycles. The first kappa shape index (κ1) is 16.2. The van der Waals surface area contributed by atoms with Crippen LogP contribution >= 0.6 is 0 Å². The standard InChI is InChI=1S/C23H17N5/c24-23-26-20(16-6-2-1-3-7-16)14-21(27-23)17-10-12-18(13-11-17)28-15-25-19-8-4-5-9-22(19)28/h1-15H,(H2,24,26,27). The lowest BCUT2D eigenvalue weighted by molar-refractivity contribution is 1.09. The number of aromatic nitrogens is 4. The monoisotopic (exact) mass is 363 g/mol. The Kier molecular flexibility index (Phi) is 3.84. The Hall–Kier alpha value is -3.99. The van der Waals surface area contributed by atoms with Crippen molar-refractivity contribution in [2.45, 2.75) is 0 Å². The van der Waals surface area contributed by atoms with Crippen molar-refractivity contribution in [1.82, 2.24) is 19.5 Å². The first-order valence-corrected chi connectivity index (χ1v) is 9.01. The first-order valence-electron chi connectivity index (χ1n) is 9.01. The molecule has 0 saturated heterocycles. The molecule has 0 unspecified atom stereocenters. The minimum Gasteiger partial charge on any atom is -0.368 e. The zero-order valence-electron chi connectivity index (χ0n) is 15.0. The predicted octanol–water partition coefficient (Wildman–Crippen LogP) is 4.73. The summed E-state index contributed by atoms with van der Waals surface area (Å²) >= 11 is 0. The number of imidazole rings is 1. The van der Waals surface area contributed by atoms with Gasteiger partial charge in [-0.25, -0.2) is 15.0 Å². The van der Waals surface area contributed by atoms with Crippen LogP contribution in [0, 0.1) is 0 Å². The maximum Gasteiger partial charge on any atom is 0.221 e. The van der Waals surface area contributed by atoms with Gasteiger partial charge in [0.05, 0.1) is 22.4 Å². The van der Waals surface area contributed by atoms with Gasteiger partial charge in [-0.15, -0.1) is 0 Å². The molecule has 2 aromatic heterocycles. The highest BCUT2D eigenvalue weighted by molar-refractivity contribution is 5.77. The molecule has 5 heteroatoms. The van der Waals surface area contributed by atoms with Gasteiger partial charge in [-0.2, -0.15) is 0 Å². The van der Waals surface area contributed by atoms with Gasteiger partial charge in [-0.3, -0.25) is 4.57 Å². The van der Waals surface area contributed by atoms with E-state index in [1.165, 1.54) is 0 Å². The van der Waals surface area contributed by atoms with Crippen molar-refractivity contribution < 1.29 is 0 Å². The molecular weight excluding hydrogens is 346 g/mol. The van der Waals surface area contributed by atoms with E-state index in [1.54, 1.807) is 0 Å². The lowest BCUT2D eigenvalue weighted by atomic mass is 10.1. The van der Waals surface area contributed by atoms with Crippen LogP contribution in [0.2, 0.25) is 0 Å². The second-order valence-corrected chi connectivity index (χ2v) is 6.51. The third-order valence-electron chi connectivity index (χ3n) is 4.71. The fourth-order valence-corrected chi connectivity index (χ4v) is 3.33. The number of hydrogen-bond donors (Lipinski definition) is 1. The molecule has 0 radical (unpaired) electrons. The molecule has 5 aromatic rings. The van der Waals surface area contributed by atoms with E-state index in [2.05, 4.69) is 37.7 Å². The molecule has 5 nitrogen and oxygen atoms in total. The second-order valence-electron chi connectivity index (χ2n) is 6.51. The van der Waals surface area contributed by atoms with E-state index < -0.39 is 0 Å². The van der Waals surface area contributed by atoms with Gasteiger partial charge in [0.15, 0.2) is 0 Å². The van der Waals surface area contributed by atoms with Gasteiger partial charge < -0.3 is 5.73 Å². The Morgan fingerprint density at radius 3 is 2.07 bits per heavy atom. The van der Waals surface area contributed by atoms with Crippen molar-refractivity contribution in [3.63, 3.8) is 0 Å². The fraction of sp³-hybridized carbons (Fsp3) is 0. The molecule has 0 fully saturated rings. The van der Waals surface area contributed by atoms with Crippen LogP contribution in [0.3, 0.4) is 0 Å². The zero-order chi connectivity index (χ0) is 18.9. The van der Waals surface area contributed by atoms with Crippen LogP contribution in [0.15, 0.2) is 91.3 Å². The van der Waals surface area contributed by atoms with E-state index in [9.17, 15) is 0 Å². The Morgan fingerprint density at radius 2 is 1.32 bits per heavy atom. The number of hydrogen-bond acceptors (Lipinski definition) is 4. The van der Waals surface area contributed by atoms with Gasteiger partial charge in [0, 0.05) is 16.8 Å². The molecule has 0 spiro atoms. The highest BCUT2D eigenvalue weighted by Gasteiger charge is 2.08. The predicted molar refractivity (Wildman–Crippen MR) is 112 cm³/mol. The normalized spacial score (nSPS) is 11.0. The maximum atomic E-state index is 5.97. The van der Waals surface area contributed by atoms with Crippen LogP contribution in [0.25, 0.3) is 39.2 Å². The number of nitrogens with two attached hydrogens (primary N) is 1. The summed E-state index contributed by atoms with van der Waals surface area (Å²) in [6, 6.07) is 28.2. The average molecular weight is 363 g/mol. The van der Waals surface area contributed by atoms with E-state index in [0.717, 1.165) is 39.2 Å². The second kappa shape index (κ2) is 6.63. The number of benzene rings is 3. The maximum absolute atomic E-state index is 5.97. The molecule has 134 valence electrons. The van der Waals surface area contributed by atoms with Crippen LogP contribution in [0.4, 0.5) is 5.95 Å².